The number of benzene rings is 2. The molecule has 0 saturated carbocycles. The SMILES string of the molecule is COc1cc(Nc2ccnc3ccc(C(F)(F)F)cc23)cc(-n2cnc(C)c2)c1. The number of hydrogen-bond donors (Lipinski definition) is 1. The van der Waals surface area contributed by atoms with E-state index in [2.05, 4.69) is 15.3 Å². The Morgan fingerprint density at radius 3 is 2.55 bits per heavy atom. The summed E-state index contributed by atoms with van der Waals surface area (Å²) in [6, 6.07) is 10.6. The molecule has 5 nitrogen and oxygen atoms in total. The average molecular weight is 398 g/mol. The number of fused-ring (bicyclic) bond motifs is 1. The number of halogens is 3. The van der Waals surface area contributed by atoms with Crippen LogP contribution in [0.25, 0.3) is 16.6 Å². The predicted octanol–water partition coefficient (Wildman–Crippen LogP) is 5.50. The van der Waals surface area contributed by atoms with Gasteiger partial charge in [0, 0.05) is 41.3 Å². The van der Waals surface area contributed by atoms with Crippen molar-refractivity contribution in [1.82, 2.24) is 14.5 Å². The normalized spacial score (nSPS) is 11.6. The first-order valence-electron chi connectivity index (χ1n) is 8.76. The van der Waals surface area contributed by atoms with E-state index in [1.807, 2.05) is 29.8 Å². The third-order valence-corrected chi connectivity index (χ3v) is 4.48. The molecule has 2 aromatic carbocycles. The molecular weight excluding hydrogens is 381 g/mol. The Kier molecular flexibility index (Phi) is 4.62. The molecule has 0 aliphatic carbocycles. The Morgan fingerprint density at radius 1 is 1.03 bits per heavy atom. The zero-order chi connectivity index (χ0) is 20.6. The number of hydrogen-bond acceptors (Lipinski definition) is 4. The van der Waals surface area contributed by atoms with Gasteiger partial charge >= 0.3 is 6.18 Å². The number of pyridine rings is 1. The lowest BCUT2D eigenvalue weighted by molar-refractivity contribution is -0.137. The van der Waals surface area contributed by atoms with Gasteiger partial charge in [-0.3, -0.25) is 4.98 Å². The van der Waals surface area contributed by atoms with Crippen LogP contribution in [-0.4, -0.2) is 21.6 Å². The second-order valence-corrected chi connectivity index (χ2v) is 6.56. The molecule has 0 unspecified atom stereocenters. The Labute approximate surface area is 164 Å². The summed E-state index contributed by atoms with van der Waals surface area (Å²) < 4.78 is 46.7. The topological polar surface area (TPSA) is 52.0 Å². The van der Waals surface area contributed by atoms with Crippen molar-refractivity contribution in [3.8, 4) is 11.4 Å². The first-order chi connectivity index (χ1) is 13.8. The van der Waals surface area contributed by atoms with Gasteiger partial charge in [-0.25, -0.2) is 4.98 Å². The first-order valence-corrected chi connectivity index (χ1v) is 8.76. The van der Waals surface area contributed by atoms with Crippen LogP contribution in [-0.2, 0) is 6.18 Å². The number of aromatic nitrogens is 3. The molecule has 0 atom stereocenters. The average Bonchev–Trinajstić information content (AvgIpc) is 3.13. The number of nitrogens with zero attached hydrogens (tertiary/aromatic N) is 3. The van der Waals surface area contributed by atoms with Gasteiger partial charge < -0.3 is 14.6 Å². The minimum absolute atomic E-state index is 0.380. The fourth-order valence-corrected chi connectivity index (χ4v) is 3.07. The maximum atomic E-state index is 13.1. The zero-order valence-electron chi connectivity index (χ0n) is 15.7. The smallest absolute Gasteiger partial charge is 0.416 e. The number of anilines is 2. The van der Waals surface area contributed by atoms with Gasteiger partial charge in [-0.05, 0) is 37.3 Å². The van der Waals surface area contributed by atoms with Crippen LogP contribution < -0.4 is 10.1 Å². The van der Waals surface area contributed by atoms with Gasteiger partial charge in [0.1, 0.15) is 5.75 Å². The number of imidazole rings is 1. The molecule has 8 heteroatoms. The van der Waals surface area contributed by atoms with Crippen LogP contribution >= 0.6 is 0 Å². The molecule has 0 aliphatic rings. The fraction of sp³-hybridized carbons (Fsp3) is 0.143. The molecule has 29 heavy (non-hydrogen) atoms. The van der Waals surface area contributed by atoms with Gasteiger partial charge in [-0.2, -0.15) is 13.2 Å². The minimum atomic E-state index is -4.43. The summed E-state index contributed by atoms with van der Waals surface area (Å²) in [7, 11) is 1.56. The number of nitrogens with one attached hydrogen (secondary N) is 1. The largest absolute Gasteiger partial charge is 0.497 e. The summed E-state index contributed by atoms with van der Waals surface area (Å²) in [5.74, 6) is 0.602. The maximum absolute atomic E-state index is 13.1. The number of aryl methyl sites for hydroxylation is 1. The summed E-state index contributed by atoms with van der Waals surface area (Å²) in [5, 5.41) is 3.58. The van der Waals surface area contributed by atoms with Gasteiger partial charge in [0.05, 0.1) is 35.9 Å². The Morgan fingerprint density at radius 2 is 1.86 bits per heavy atom. The number of rotatable bonds is 4. The molecule has 2 aromatic heterocycles. The van der Waals surface area contributed by atoms with E-state index in [4.69, 9.17) is 4.74 Å². The van der Waals surface area contributed by atoms with E-state index in [9.17, 15) is 13.2 Å². The summed E-state index contributed by atoms with van der Waals surface area (Å²) in [4.78, 5) is 8.39. The molecule has 0 spiro atoms. The third kappa shape index (κ3) is 3.87. The van der Waals surface area contributed by atoms with Crippen molar-refractivity contribution in [3.63, 3.8) is 0 Å². The van der Waals surface area contributed by atoms with Crippen molar-refractivity contribution in [2.75, 3.05) is 12.4 Å². The Hall–Kier alpha value is -3.55. The third-order valence-electron chi connectivity index (χ3n) is 4.48. The lowest BCUT2D eigenvalue weighted by atomic mass is 10.1. The highest BCUT2D eigenvalue weighted by atomic mass is 19.4. The van der Waals surface area contributed by atoms with E-state index in [1.54, 1.807) is 31.8 Å². The molecule has 2 heterocycles. The highest BCUT2D eigenvalue weighted by Crippen LogP contribution is 2.34. The van der Waals surface area contributed by atoms with Crippen molar-refractivity contribution in [2.24, 2.45) is 0 Å². The molecule has 0 aliphatic heterocycles. The van der Waals surface area contributed by atoms with E-state index in [0.717, 1.165) is 23.5 Å². The van der Waals surface area contributed by atoms with Crippen molar-refractivity contribution in [1.29, 1.82) is 0 Å². The molecular formula is C21H17F3N4O. The minimum Gasteiger partial charge on any atom is -0.497 e. The standard InChI is InChI=1S/C21H17F3N4O/c1-13-11-28(12-26-13)16-8-15(9-17(10-16)29-2)27-20-5-6-25-19-4-3-14(7-18(19)20)21(22,23)24/h3-12H,1-2H3,(H,25,27). The highest BCUT2D eigenvalue weighted by molar-refractivity contribution is 5.93. The molecule has 0 saturated heterocycles. The molecule has 0 bridgehead atoms. The van der Waals surface area contributed by atoms with Gasteiger partial charge in [0.15, 0.2) is 0 Å². The maximum Gasteiger partial charge on any atom is 0.416 e. The van der Waals surface area contributed by atoms with Crippen molar-refractivity contribution in [2.45, 2.75) is 13.1 Å². The van der Waals surface area contributed by atoms with Crippen LogP contribution in [0, 0.1) is 6.92 Å². The summed E-state index contributed by atoms with van der Waals surface area (Å²) >= 11 is 0. The molecule has 0 radical (unpaired) electrons. The van der Waals surface area contributed by atoms with E-state index in [-0.39, 0.29) is 0 Å². The van der Waals surface area contributed by atoms with E-state index < -0.39 is 11.7 Å². The second kappa shape index (κ2) is 7.12. The van der Waals surface area contributed by atoms with Crippen molar-refractivity contribution < 1.29 is 17.9 Å². The Bertz CT molecular complexity index is 1180. The number of alkyl halides is 3. The van der Waals surface area contributed by atoms with E-state index >= 15 is 0 Å². The highest BCUT2D eigenvalue weighted by Gasteiger charge is 2.30. The van der Waals surface area contributed by atoms with E-state index in [0.29, 0.717) is 28.0 Å². The van der Waals surface area contributed by atoms with Gasteiger partial charge in [-0.1, -0.05) is 0 Å². The van der Waals surface area contributed by atoms with Crippen molar-refractivity contribution >= 4 is 22.3 Å². The molecule has 4 rings (SSSR count). The lowest BCUT2D eigenvalue weighted by Gasteiger charge is -2.14. The van der Waals surface area contributed by atoms with Gasteiger partial charge in [0.25, 0.3) is 0 Å². The van der Waals surface area contributed by atoms with Gasteiger partial charge in [0.2, 0.25) is 0 Å². The predicted molar refractivity (Wildman–Crippen MR) is 105 cm³/mol. The molecule has 1 N–H and O–H groups in total. The van der Waals surface area contributed by atoms with Crippen LogP contribution in [0.4, 0.5) is 24.5 Å². The zero-order valence-corrected chi connectivity index (χ0v) is 15.7. The second-order valence-electron chi connectivity index (χ2n) is 6.56. The molecule has 0 fully saturated rings. The summed E-state index contributed by atoms with van der Waals surface area (Å²) in [5.41, 5.74) is 2.60. The summed E-state index contributed by atoms with van der Waals surface area (Å²) in [6.45, 7) is 1.89. The van der Waals surface area contributed by atoms with E-state index in [1.165, 1.54) is 6.07 Å². The number of methoxy groups -OCH3 is 1. The lowest BCUT2D eigenvalue weighted by Crippen LogP contribution is -2.05. The van der Waals surface area contributed by atoms with Crippen LogP contribution in [0.3, 0.4) is 0 Å². The quantitative estimate of drug-likeness (QED) is 0.493. The molecule has 148 valence electrons. The van der Waals surface area contributed by atoms with Crippen LogP contribution in [0.5, 0.6) is 5.75 Å². The Balaban J connectivity index is 1.78. The number of ether oxygens (including phenoxy) is 1. The van der Waals surface area contributed by atoms with Crippen LogP contribution in [0.1, 0.15) is 11.3 Å². The van der Waals surface area contributed by atoms with Crippen LogP contribution in [0.15, 0.2) is 61.2 Å². The molecule has 4 aromatic rings. The summed E-state index contributed by atoms with van der Waals surface area (Å²) in [6.07, 6.45) is 0.684. The fourth-order valence-electron chi connectivity index (χ4n) is 3.07. The molecule has 0 amide bonds. The monoisotopic (exact) mass is 398 g/mol. The first kappa shape index (κ1) is 18.8. The van der Waals surface area contributed by atoms with Gasteiger partial charge in [-0.15, -0.1) is 0 Å². The van der Waals surface area contributed by atoms with Crippen LogP contribution in [0.2, 0.25) is 0 Å². The van der Waals surface area contributed by atoms with Crippen molar-refractivity contribution in [3.05, 3.63) is 72.4 Å².